The maximum atomic E-state index is 12.5. The second-order valence-electron chi connectivity index (χ2n) is 4.94. The maximum absolute atomic E-state index is 12.5. The fourth-order valence-corrected chi connectivity index (χ4v) is 2.98. The molecule has 2 rings (SSSR count). The SMILES string of the molecule is COC(=O)CC1Cc2ccc(S(=O)(=O)C(F)(F)F)cc2NC1=O. The van der Waals surface area contributed by atoms with Crippen molar-refractivity contribution >= 4 is 27.4 Å². The lowest BCUT2D eigenvalue weighted by Crippen LogP contribution is -2.32. The van der Waals surface area contributed by atoms with Gasteiger partial charge in [-0.15, -0.1) is 0 Å². The lowest BCUT2D eigenvalue weighted by Gasteiger charge is -2.24. The van der Waals surface area contributed by atoms with Crippen LogP contribution in [0.5, 0.6) is 0 Å². The Labute approximate surface area is 129 Å². The number of carbonyl (C=O) groups is 2. The van der Waals surface area contributed by atoms with Crippen molar-refractivity contribution in [1.29, 1.82) is 0 Å². The molecule has 0 bridgehead atoms. The van der Waals surface area contributed by atoms with Gasteiger partial charge in [0.25, 0.3) is 9.84 Å². The van der Waals surface area contributed by atoms with Gasteiger partial charge >= 0.3 is 11.5 Å². The first-order valence-electron chi connectivity index (χ1n) is 6.38. The summed E-state index contributed by atoms with van der Waals surface area (Å²) in [6.45, 7) is 0. The van der Waals surface area contributed by atoms with E-state index in [0.717, 1.165) is 12.1 Å². The minimum Gasteiger partial charge on any atom is -0.469 e. The first-order chi connectivity index (χ1) is 10.6. The lowest BCUT2D eigenvalue weighted by molar-refractivity contribution is -0.143. The normalized spacial score (nSPS) is 18.1. The Hall–Kier alpha value is -2.10. The molecule has 1 aromatic rings. The van der Waals surface area contributed by atoms with Crippen molar-refractivity contribution in [3.63, 3.8) is 0 Å². The van der Waals surface area contributed by atoms with Crippen LogP contribution in [-0.2, 0) is 30.6 Å². The maximum Gasteiger partial charge on any atom is 0.501 e. The van der Waals surface area contributed by atoms with Crippen LogP contribution in [0.1, 0.15) is 12.0 Å². The number of carbonyl (C=O) groups excluding carboxylic acids is 2. The molecule has 126 valence electrons. The summed E-state index contributed by atoms with van der Waals surface area (Å²) in [6, 6.07) is 2.79. The zero-order chi connectivity index (χ0) is 17.4. The highest BCUT2D eigenvalue weighted by Gasteiger charge is 2.47. The third-order valence-corrected chi connectivity index (χ3v) is 4.92. The van der Waals surface area contributed by atoms with Crippen molar-refractivity contribution in [2.75, 3.05) is 12.4 Å². The van der Waals surface area contributed by atoms with E-state index in [4.69, 9.17) is 0 Å². The Morgan fingerprint density at radius 2 is 2.04 bits per heavy atom. The highest BCUT2D eigenvalue weighted by molar-refractivity contribution is 7.92. The van der Waals surface area contributed by atoms with Gasteiger partial charge in [-0.1, -0.05) is 6.07 Å². The van der Waals surface area contributed by atoms with Crippen molar-refractivity contribution in [3.05, 3.63) is 23.8 Å². The van der Waals surface area contributed by atoms with Crippen LogP contribution in [0.2, 0.25) is 0 Å². The molecule has 1 aliphatic rings. The molecule has 0 aromatic heterocycles. The molecule has 1 aliphatic heterocycles. The van der Waals surface area contributed by atoms with Gasteiger partial charge in [0, 0.05) is 5.69 Å². The smallest absolute Gasteiger partial charge is 0.469 e. The Morgan fingerprint density at radius 1 is 1.39 bits per heavy atom. The zero-order valence-electron chi connectivity index (χ0n) is 11.8. The molecule has 1 N–H and O–H groups in total. The number of amides is 1. The highest BCUT2D eigenvalue weighted by Crippen LogP contribution is 2.34. The minimum atomic E-state index is -5.49. The van der Waals surface area contributed by atoms with Crippen molar-refractivity contribution in [2.45, 2.75) is 23.2 Å². The van der Waals surface area contributed by atoms with Crippen molar-refractivity contribution in [3.8, 4) is 0 Å². The summed E-state index contributed by atoms with van der Waals surface area (Å²) >= 11 is 0. The van der Waals surface area contributed by atoms with Crippen LogP contribution in [0, 0.1) is 5.92 Å². The number of alkyl halides is 3. The minimum absolute atomic E-state index is 0.0126. The number of sulfone groups is 1. The molecule has 23 heavy (non-hydrogen) atoms. The summed E-state index contributed by atoms with van der Waals surface area (Å²) in [5, 5.41) is 2.32. The molecule has 0 fully saturated rings. The number of fused-ring (bicyclic) bond motifs is 1. The zero-order valence-corrected chi connectivity index (χ0v) is 12.6. The first-order valence-corrected chi connectivity index (χ1v) is 7.86. The topological polar surface area (TPSA) is 89.5 Å². The summed E-state index contributed by atoms with van der Waals surface area (Å²) in [6.07, 6.45) is -0.0764. The molecule has 1 atom stereocenters. The summed E-state index contributed by atoms with van der Waals surface area (Å²) in [5.41, 5.74) is -4.99. The van der Waals surface area contributed by atoms with Gasteiger partial charge in [-0.05, 0) is 24.1 Å². The Morgan fingerprint density at radius 3 is 2.61 bits per heavy atom. The number of methoxy groups -OCH3 is 1. The summed E-state index contributed by atoms with van der Waals surface area (Å²) in [4.78, 5) is 22.2. The second kappa shape index (κ2) is 5.84. The Kier molecular flexibility index (Phi) is 4.38. The van der Waals surface area contributed by atoms with Crippen LogP contribution in [0.25, 0.3) is 0 Å². The van der Waals surface area contributed by atoms with E-state index in [1.165, 1.54) is 13.2 Å². The quantitative estimate of drug-likeness (QED) is 0.837. The first kappa shape index (κ1) is 17.3. The van der Waals surface area contributed by atoms with E-state index in [0.29, 0.717) is 5.56 Å². The fraction of sp³-hybridized carbons (Fsp3) is 0.385. The number of ether oxygens (including phenoxy) is 1. The Bertz CT molecular complexity index is 757. The van der Waals surface area contributed by atoms with E-state index in [1.807, 2.05) is 0 Å². The van der Waals surface area contributed by atoms with E-state index >= 15 is 0 Å². The standard InChI is InChI=1S/C13H12F3NO5S/c1-22-11(18)5-8-4-7-2-3-9(6-10(7)17-12(8)19)23(20,21)13(14,15)16/h2-3,6,8H,4-5H2,1H3,(H,17,19). The molecular formula is C13H12F3NO5S. The molecular weight excluding hydrogens is 339 g/mol. The van der Waals surface area contributed by atoms with E-state index in [9.17, 15) is 31.2 Å². The van der Waals surface area contributed by atoms with Crippen LogP contribution in [0.15, 0.2) is 23.1 Å². The van der Waals surface area contributed by atoms with E-state index in [-0.39, 0.29) is 18.5 Å². The number of hydrogen-bond acceptors (Lipinski definition) is 5. The summed E-state index contributed by atoms with van der Waals surface area (Å²) in [5.74, 6) is -1.89. The molecule has 1 unspecified atom stereocenters. The predicted octanol–water partition coefficient (Wildman–Crippen LogP) is 1.65. The average molecular weight is 351 g/mol. The van der Waals surface area contributed by atoms with Crippen LogP contribution in [0.4, 0.5) is 18.9 Å². The molecule has 1 heterocycles. The molecule has 0 radical (unpaired) electrons. The van der Waals surface area contributed by atoms with Gasteiger partial charge in [-0.3, -0.25) is 9.59 Å². The number of hydrogen-bond donors (Lipinski definition) is 1. The number of anilines is 1. The molecule has 1 amide bonds. The fourth-order valence-electron chi connectivity index (χ4n) is 2.19. The molecule has 1 aromatic carbocycles. The number of nitrogens with one attached hydrogen (secondary N) is 1. The van der Waals surface area contributed by atoms with Gasteiger partial charge in [0.15, 0.2) is 0 Å². The molecule has 10 heteroatoms. The number of halogens is 3. The van der Waals surface area contributed by atoms with Crippen LogP contribution >= 0.6 is 0 Å². The van der Waals surface area contributed by atoms with E-state index in [1.54, 1.807) is 0 Å². The van der Waals surface area contributed by atoms with E-state index in [2.05, 4.69) is 10.1 Å². The predicted molar refractivity (Wildman–Crippen MR) is 72.1 cm³/mol. The Balaban J connectivity index is 2.33. The molecule has 0 spiro atoms. The number of rotatable bonds is 3. The van der Waals surface area contributed by atoms with Gasteiger partial charge in [-0.25, -0.2) is 8.42 Å². The van der Waals surface area contributed by atoms with Crippen LogP contribution in [0.3, 0.4) is 0 Å². The monoisotopic (exact) mass is 351 g/mol. The second-order valence-corrected chi connectivity index (χ2v) is 6.88. The van der Waals surface area contributed by atoms with Gasteiger partial charge in [-0.2, -0.15) is 13.2 Å². The number of benzene rings is 1. The average Bonchev–Trinajstić information content (AvgIpc) is 2.46. The third-order valence-electron chi connectivity index (χ3n) is 3.43. The molecule has 0 aliphatic carbocycles. The summed E-state index contributed by atoms with van der Waals surface area (Å²) < 4.78 is 64.8. The van der Waals surface area contributed by atoms with Gasteiger partial charge < -0.3 is 10.1 Å². The highest BCUT2D eigenvalue weighted by atomic mass is 32.2. The molecule has 0 saturated carbocycles. The van der Waals surface area contributed by atoms with Gasteiger partial charge in [0.05, 0.1) is 24.3 Å². The largest absolute Gasteiger partial charge is 0.501 e. The van der Waals surface area contributed by atoms with Crippen molar-refractivity contribution < 1.29 is 35.9 Å². The van der Waals surface area contributed by atoms with Crippen molar-refractivity contribution in [2.24, 2.45) is 5.92 Å². The molecule has 6 nitrogen and oxygen atoms in total. The van der Waals surface area contributed by atoms with E-state index < -0.39 is 38.0 Å². The van der Waals surface area contributed by atoms with Gasteiger partial charge in [0.1, 0.15) is 0 Å². The third kappa shape index (κ3) is 3.31. The van der Waals surface area contributed by atoms with Crippen LogP contribution < -0.4 is 5.32 Å². The van der Waals surface area contributed by atoms with Gasteiger partial charge in [0.2, 0.25) is 5.91 Å². The summed E-state index contributed by atoms with van der Waals surface area (Å²) in [7, 11) is -4.32. The van der Waals surface area contributed by atoms with Crippen LogP contribution in [-0.4, -0.2) is 32.9 Å². The number of esters is 1. The van der Waals surface area contributed by atoms with Crippen molar-refractivity contribution in [1.82, 2.24) is 0 Å². The molecule has 0 saturated heterocycles. The lowest BCUT2D eigenvalue weighted by atomic mass is 9.91.